The van der Waals surface area contributed by atoms with Crippen LogP contribution in [0.25, 0.3) is 5.69 Å². The molecular weight excluding hydrogens is 321 g/mol. The highest BCUT2D eigenvalue weighted by Gasteiger charge is 2.34. The predicted molar refractivity (Wildman–Crippen MR) is 91.5 cm³/mol. The van der Waals surface area contributed by atoms with Crippen molar-refractivity contribution in [2.75, 3.05) is 19.7 Å². The molecule has 6 heteroatoms. The van der Waals surface area contributed by atoms with Gasteiger partial charge in [0.1, 0.15) is 11.5 Å². The van der Waals surface area contributed by atoms with Crippen LogP contribution in [0.5, 0.6) is 0 Å². The van der Waals surface area contributed by atoms with Crippen molar-refractivity contribution in [1.29, 1.82) is 0 Å². The first-order valence-corrected chi connectivity index (χ1v) is 8.75. The van der Waals surface area contributed by atoms with Gasteiger partial charge in [0.15, 0.2) is 5.69 Å². The number of hydrogen-bond donors (Lipinski definition) is 0. The van der Waals surface area contributed by atoms with E-state index in [0.29, 0.717) is 31.1 Å². The molecule has 0 saturated carbocycles. The Balaban J connectivity index is 1.73. The minimum absolute atomic E-state index is 0.0791. The van der Waals surface area contributed by atoms with Crippen LogP contribution in [0.2, 0.25) is 0 Å². The highest BCUT2D eigenvalue weighted by molar-refractivity contribution is 5.94. The van der Waals surface area contributed by atoms with Crippen molar-refractivity contribution in [3.8, 4) is 5.69 Å². The molecule has 0 N–H and O–H groups in total. The fraction of sp³-hybridized carbons (Fsp3) is 0.474. The van der Waals surface area contributed by atoms with Gasteiger partial charge in [0.05, 0.1) is 12.2 Å². The van der Waals surface area contributed by atoms with Crippen molar-refractivity contribution in [2.24, 2.45) is 0 Å². The van der Waals surface area contributed by atoms with E-state index >= 15 is 0 Å². The Kier molecular flexibility index (Phi) is 3.87. The van der Waals surface area contributed by atoms with Crippen LogP contribution < -0.4 is 0 Å². The molecule has 1 aromatic heterocycles. The lowest BCUT2D eigenvalue weighted by molar-refractivity contribution is -0.0765. The van der Waals surface area contributed by atoms with Gasteiger partial charge in [-0.05, 0) is 45.2 Å². The highest BCUT2D eigenvalue weighted by atomic mass is 19.1. The Labute approximate surface area is 146 Å². The van der Waals surface area contributed by atoms with Gasteiger partial charge in [-0.1, -0.05) is 12.1 Å². The minimum atomic E-state index is -0.356. The number of carbonyl (C=O) groups excluding carboxylic acids is 1. The summed E-state index contributed by atoms with van der Waals surface area (Å²) in [4.78, 5) is 14.9. The molecule has 1 saturated heterocycles. The third-order valence-corrected chi connectivity index (χ3v) is 4.93. The van der Waals surface area contributed by atoms with Crippen LogP contribution in [-0.4, -0.2) is 45.9 Å². The van der Waals surface area contributed by atoms with Crippen molar-refractivity contribution in [2.45, 2.75) is 38.7 Å². The van der Waals surface area contributed by atoms with E-state index in [2.05, 4.69) is 5.10 Å². The van der Waals surface area contributed by atoms with Gasteiger partial charge in [0.25, 0.3) is 5.91 Å². The van der Waals surface area contributed by atoms with E-state index in [1.165, 1.54) is 6.07 Å². The van der Waals surface area contributed by atoms with E-state index in [4.69, 9.17) is 4.74 Å². The van der Waals surface area contributed by atoms with Crippen molar-refractivity contribution >= 4 is 5.91 Å². The molecular formula is C19H22FN3O2. The van der Waals surface area contributed by atoms with Gasteiger partial charge < -0.3 is 9.64 Å². The zero-order valence-electron chi connectivity index (χ0n) is 14.6. The van der Waals surface area contributed by atoms with Crippen molar-refractivity contribution in [1.82, 2.24) is 14.7 Å². The third-order valence-electron chi connectivity index (χ3n) is 4.93. The quantitative estimate of drug-likeness (QED) is 0.842. The molecule has 1 aliphatic heterocycles. The van der Waals surface area contributed by atoms with Crippen LogP contribution in [0.4, 0.5) is 4.39 Å². The SMILES string of the molecule is CC1(C)CN(C(=O)c2nn(-c3ccccc3F)c3c2CCC3)CCO1. The van der Waals surface area contributed by atoms with Crippen molar-refractivity contribution in [3.05, 3.63) is 47.0 Å². The Hall–Kier alpha value is -2.21. The van der Waals surface area contributed by atoms with Gasteiger partial charge in [-0.15, -0.1) is 0 Å². The second kappa shape index (κ2) is 5.95. The summed E-state index contributed by atoms with van der Waals surface area (Å²) in [6.45, 7) is 5.58. The topological polar surface area (TPSA) is 47.4 Å². The number of hydrogen-bond acceptors (Lipinski definition) is 3. The van der Waals surface area contributed by atoms with Crippen molar-refractivity contribution < 1.29 is 13.9 Å². The van der Waals surface area contributed by atoms with Crippen LogP contribution in [0, 0.1) is 5.82 Å². The second-order valence-electron chi connectivity index (χ2n) is 7.33. The summed E-state index contributed by atoms with van der Waals surface area (Å²) in [5, 5.41) is 4.53. The molecule has 25 heavy (non-hydrogen) atoms. The smallest absolute Gasteiger partial charge is 0.274 e. The number of morpholine rings is 1. The first-order chi connectivity index (χ1) is 12.0. The summed E-state index contributed by atoms with van der Waals surface area (Å²) in [5.41, 5.74) is 2.44. The zero-order chi connectivity index (χ0) is 17.6. The average molecular weight is 343 g/mol. The molecule has 2 aromatic rings. The molecule has 132 valence electrons. The first kappa shape index (κ1) is 16.3. The molecule has 1 amide bonds. The highest BCUT2D eigenvalue weighted by Crippen LogP contribution is 2.30. The Bertz CT molecular complexity index is 828. The summed E-state index contributed by atoms with van der Waals surface area (Å²) < 4.78 is 21.6. The van der Waals surface area contributed by atoms with E-state index < -0.39 is 0 Å². The monoisotopic (exact) mass is 343 g/mol. The van der Waals surface area contributed by atoms with Gasteiger partial charge in [-0.3, -0.25) is 4.79 Å². The number of carbonyl (C=O) groups is 1. The molecule has 0 radical (unpaired) electrons. The zero-order valence-corrected chi connectivity index (χ0v) is 14.6. The van der Waals surface area contributed by atoms with Gasteiger partial charge in [-0.25, -0.2) is 9.07 Å². The fourth-order valence-corrected chi connectivity index (χ4v) is 3.77. The maximum absolute atomic E-state index is 14.2. The van der Waals surface area contributed by atoms with Gasteiger partial charge in [-0.2, -0.15) is 5.10 Å². The largest absolute Gasteiger partial charge is 0.372 e. The average Bonchev–Trinajstić information content (AvgIpc) is 3.16. The number of amides is 1. The number of rotatable bonds is 2. The number of aromatic nitrogens is 2. The summed E-state index contributed by atoms with van der Waals surface area (Å²) >= 11 is 0. The van der Waals surface area contributed by atoms with Gasteiger partial charge in [0, 0.05) is 24.3 Å². The standard InChI is InChI=1S/C19H22FN3O2/c1-19(2)12-22(10-11-25-19)18(24)17-13-6-5-9-15(13)23(21-17)16-8-4-3-7-14(16)20/h3-4,7-8H,5-6,9-12H2,1-2H3. The maximum Gasteiger partial charge on any atom is 0.274 e. The molecule has 0 bridgehead atoms. The number of benzene rings is 1. The molecule has 4 rings (SSSR count). The summed E-state index contributed by atoms with van der Waals surface area (Å²) in [5.74, 6) is -0.407. The van der Waals surface area contributed by atoms with Crippen LogP contribution in [0.3, 0.4) is 0 Å². The molecule has 5 nitrogen and oxygen atoms in total. The number of para-hydroxylation sites is 1. The summed E-state index contributed by atoms with van der Waals surface area (Å²) in [6, 6.07) is 6.56. The maximum atomic E-state index is 14.2. The van der Waals surface area contributed by atoms with E-state index in [1.54, 1.807) is 27.8 Å². The molecule has 0 spiro atoms. The van der Waals surface area contributed by atoms with Gasteiger partial charge >= 0.3 is 0 Å². The molecule has 0 unspecified atom stereocenters. The number of ether oxygens (including phenoxy) is 1. The Morgan fingerprint density at radius 3 is 2.84 bits per heavy atom. The van der Waals surface area contributed by atoms with E-state index in [-0.39, 0.29) is 17.3 Å². The van der Waals surface area contributed by atoms with Gasteiger partial charge in [0.2, 0.25) is 0 Å². The Morgan fingerprint density at radius 1 is 1.28 bits per heavy atom. The minimum Gasteiger partial charge on any atom is -0.372 e. The molecule has 2 aliphatic rings. The lowest BCUT2D eigenvalue weighted by Crippen LogP contribution is -2.50. The third kappa shape index (κ3) is 2.84. The van der Waals surface area contributed by atoms with Crippen LogP contribution in [0.15, 0.2) is 24.3 Å². The number of halogens is 1. The van der Waals surface area contributed by atoms with Crippen molar-refractivity contribution in [3.63, 3.8) is 0 Å². The Morgan fingerprint density at radius 2 is 2.08 bits per heavy atom. The summed E-state index contributed by atoms with van der Waals surface area (Å²) in [7, 11) is 0. The first-order valence-electron chi connectivity index (χ1n) is 8.75. The number of nitrogens with zero attached hydrogens (tertiary/aromatic N) is 3. The molecule has 2 heterocycles. The van der Waals surface area contributed by atoms with E-state index in [1.807, 2.05) is 13.8 Å². The van der Waals surface area contributed by atoms with Crippen LogP contribution in [-0.2, 0) is 17.6 Å². The second-order valence-corrected chi connectivity index (χ2v) is 7.33. The molecule has 1 aliphatic carbocycles. The molecule has 1 aromatic carbocycles. The summed E-state index contributed by atoms with van der Waals surface area (Å²) in [6.07, 6.45) is 2.60. The predicted octanol–water partition coefficient (Wildman–Crippen LogP) is 2.75. The van der Waals surface area contributed by atoms with E-state index in [0.717, 1.165) is 30.5 Å². The lowest BCUT2D eigenvalue weighted by Gasteiger charge is -2.37. The van der Waals surface area contributed by atoms with E-state index in [9.17, 15) is 9.18 Å². The van der Waals surface area contributed by atoms with Crippen LogP contribution in [0.1, 0.15) is 42.0 Å². The lowest BCUT2D eigenvalue weighted by atomic mass is 10.1. The number of fused-ring (bicyclic) bond motifs is 1. The van der Waals surface area contributed by atoms with Crippen LogP contribution >= 0.6 is 0 Å². The normalized spacial score (nSPS) is 19.1. The molecule has 1 fully saturated rings. The molecule has 0 atom stereocenters. The fourth-order valence-electron chi connectivity index (χ4n) is 3.77.